The molecule has 3 aromatic rings. The minimum Gasteiger partial charge on any atom is -0.344 e. The monoisotopic (exact) mass is 281 g/mol. The molecule has 0 aliphatic rings. The SMILES string of the molecule is Cc1cccc([C@H](C)NC(=O)c2ccc3n[nH]nc3c2)n1. The third-order valence-electron chi connectivity index (χ3n) is 3.28. The summed E-state index contributed by atoms with van der Waals surface area (Å²) in [5.74, 6) is -0.157. The Hall–Kier alpha value is -2.76. The molecule has 106 valence electrons. The van der Waals surface area contributed by atoms with Crippen molar-refractivity contribution in [2.75, 3.05) is 0 Å². The van der Waals surface area contributed by atoms with E-state index in [0.717, 1.165) is 16.9 Å². The van der Waals surface area contributed by atoms with Gasteiger partial charge in [0.2, 0.25) is 0 Å². The number of hydrogen-bond donors (Lipinski definition) is 2. The van der Waals surface area contributed by atoms with Gasteiger partial charge in [-0.3, -0.25) is 9.78 Å². The number of aromatic nitrogens is 4. The molecule has 6 nitrogen and oxygen atoms in total. The van der Waals surface area contributed by atoms with Crippen molar-refractivity contribution in [2.24, 2.45) is 0 Å². The molecular formula is C15H15N5O. The number of nitrogens with zero attached hydrogens (tertiary/aromatic N) is 3. The maximum atomic E-state index is 12.3. The van der Waals surface area contributed by atoms with Gasteiger partial charge in [-0.15, -0.1) is 0 Å². The number of H-pyrrole nitrogens is 1. The Morgan fingerprint density at radius 2 is 2.00 bits per heavy atom. The molecule has 0 radical (unpaired) electrons. The van der Waals surface area contributed by atoms with Crippen LogP contribution in [-0.2, 0) is 0 Å². The first-order chi connectivity index (χ1) is 10.1. The average Bonchev–Trinajstić information content (AvgIpc) is 2.94. The topological polar surface area (TPSA) is 83.6 Å². The van der Waals surface area contributed by atoms with Crippen LogP contribution in [0.4, 0.5) is 0 Å². The van der Waals surface area contributed by atoms with Crippen molar-refractivity contribution in [2.45, 2.75) is 19.9 Å². The lowest BCUT2D eigenvalue weighted by molar-refractivity contribution is 0.0939. The van der Waals surface area contributed by atoms with Gasteiger partial charge in [0.25, 0.3) is 5.91 Å². The zero-order chi connectivity index (χ0) is 14.8. The second-order valence-corrected chi connectivity index (χ2v) is 4.93. The predicted octanol–water partition coefficient (Wildman–Crippen LogP) is 2.15. The molecule has 0 unspecified atom stereocenters. The highest BCUT2D eigenvalue weighted by atomic mass is 16.1. The fourth-order valence-electron chi connectivity index (χ4n) is 2.14. The molecule has 1 atom stereocenters. The van der Waals surface area contributed by atoms with Crippen molar-refractivity contribution >= 4 is 16.9 Å². The van der Waals surface area contributed by atoms with E-state index in [1.807, 2.05) is 32.0 Å². The van der Waals surface area contributed by atoms with Gasteiger partial charge in [-0.2, -0.15) is 15.4 Å². The van der Waals surface area contributed by atoms with Crippen LogP contribution >= 0.6 is 0 Å². The summed E-state index contributed by atoms with van der Waals surface area (Å²) in [4.78, 5) is 16.7. The summed E-state index contributed by atoms with van der Waals surface area (Å²) in [6, 6.07) is 10.8. The van der Waals surface area contributed by atoms with Crippen molar-refractivity contribution in [1.29, 1.82) is 0 Å². The molecule has 0 aliphatic heterocycles. The smallest absolute Gasteiger partial charge is 0.251 e. The number of carbonyl (C=O) groups excluding carboxylic acids is 1. The largest absolute Gasteiger partial charge is 0.344 e. The highest BCUT2D eigenvalue weighted by Gasteiger charge is 2.13. The number of carbonyl (C=O) groups is 1. The molecule has 2 N–H and O–H groups in total. The molecule has 0 aliphatic carbocycles. The number of rotatable bonds is 3. The van der Waals surface area contributed by atoms with Gasteiger partial charge in [-0.05, 0) is 44.2 Å². The number of aryl methyl sites for hydroxylation is 1. The zero-order valence-corrected chi connectivity index (χ0v) is 11.8. The summed E-state index contributed by atoms with van der Waals surface area (Å²) in [6.07, 6.45) is 0. The number of aromatic amines is 1. The Bertz CT molecular complexity index is 795. The standard InChI is InChI=1S/C15H15N5O/c1-9-4-3-5-12(16-9)10(2)17-15(21)11-6-7-13-14(8-11)19-20-18-13/h3-8,10H,1-2H3,(H,17,21)(H,18,19,20)/t10-/m0/s1. The Labute approximate surface area is 121 Å². The van der Waals surface area contributed by atoms with Gasteiger partial charge in [0.05, 0.1) is 11.7 Å². The fourth-order valence-corrected chi connectivity index (χ4v) is 2.14. The van der Waals surface area contributed by atoms with E-state index in [1.54, 1.807) is 18.2 Å². The Morgan fingerprint density at radius 1 is 1.19 bits per heavy atom. The number of amides is 1. The molecule has 0 saturated heterocycles. The highest BCUT2D eigenvalue weighted by molar-refractivity contribution is 5.97. The third-order valence-corrected chi connectivity index (χ3v) is 3.28. The number of benzene rings is 1. The number of pyridine rings is 1. The van der Waals surface area contributed by atoms with E-state index in [-0.39, 0.29) is 11.9 Å². The minimum absolute atomic E-state index is 0.157. The summed E-state index contributed by atoms with van der Waals surface area (Å²) in [5.41, 5.74) is 3.73. The molecule has 2 heterocycles. The van der Waals surface area contributed by atoms with E-state index in [4.69, 9.17) is 0 Å². The van der Waals surface area contributed by atoms with Crippen molar-refractivity contribution in [3.8, 4) is 0 Å². The first-order valence-corrected chi connectivity index (χ1v) is 6.68. The van der Waals surface area contributed by atoms with Gasteiger partial charge < -0.3 is 5.32 Å². The molecule has 21 heavy (non-hydrogen) atoms. The van der Waals surface area contributed by atoms with Crippen LogP contribution in [0.1, 0.15) is 34.7 Å². The predicted molar refractivity (Wildman–Crippen MR) is 78.7 cm³/mol. The highest BCUT2D eigenvalue weighted by Crippen LogP contribution is 2.14. The van der Waals surface area contributed by atoms with Crippen LogP contribution in [-0.4, -0.2) is 26.3 Å². The summed E-state index contributed by atoms with van der Waals surface area (Å²) >= 11 is 0. The van der Waals surface area contributed by atoms with Crippen LogP contribution in [0.2, 0.25) is 0 Å². The Kier molecular flexibility index (Phi) is 3.35. The van der Waals surface area contributed by atoms with Crippen LogP contribution in [0.25, 0.3) is 11.0 Å². The van der Waals surface area contributed by atoms with Crippen LogP contribution < -0.4 is 5.32 Å². The van der Waals surface area contributed by atoms with Gasteiger partial charge in [0.15, 0.2) is 0 Å². The van der Waals surface area contributed by atoms with Gasteiger partial charge in [0.1, 0.15) is 11.0 Å². The van der Waals surface area contributed by atoms with Crippen molar-refractivity contribution in [3.05, 3.63) is 53.3 Å². The van der Waals surface area contributed by atoms with Gasteiger partial charge in [-0.1, -0.05) is 6.07 Å². The minimum atomic E-state index is -0.162. The van der Waals surface area contributed by atoms with E-state index in [0.29, 0.717) is 11.1 Å². The lowest BCUT2D eigenvalue weighted by Gasteiger charge is -2.13. The number of nitrogens with one attached hydrogen (secondary N) is 2. The first-order valence-electron chi connectivity index (χ1n) is 6.68. The second-order valence-electron chi connectivity index (χ2n) is 4.93. The Morgan fingerprint density at radius 3 is 2.81 bits per heavy atom. The maximum Gasteiger partial charge on any atom is 0.251 e. The van der Waals surface area contributed by atoms with Gasteiger partial charge in [0, 0.05) is 11.3 Å². The number of hydrogen-bond acceptors (Lipinski definition) is 4. The quantitative estimate of drug-likeness (QED) is 0.770. The van der Waals surface area contributed by atoms with Crippen molar-refractivity contribution < 1.29 is 4.79 Å². The molecule has 1 aromatic carbocycles. The van der Waals surface area contributed by atoms with Crippen LogP contribution in [0.3, 0.4) is 0 Å². The fraction of sp³-hybridized carbons (Fsp3) is 0.200. The Balaban J connectivity index is 1.79. The molecule has 2 aromatic heterocycles. The first kappa shape index (κ1) is 13.2. The van der Waals surface area contributed by atoms with Crippen molar-refractivity contribution in [1.82, 2.24) is 25.7 Å². The lowest BCUT2D eigenvalue weighted by Crippen LogP contribution is -2.27. The van der Waals surface area contributed by atoms with E-state index in [1.165, 1.54) is 0 Å². The van der Waals surface area contributed by atoms with E-state index in [2.05, 4.69) is 25.7 Å². The molecular weight excluding hydrogens is 266 g/mol. The molecule has 0 fully saturated rings. The molecule has 3 rings (SSSR count). The van der Waals surface area contributed by atoms with Gasteiger partial charge in [-0.25, -0.2) is 0 Å². The van der Waals surface area contributed by atoms with E-state index < -0.39 is 0 Å². The summed E-state index contributed by atoms with van der Waals surface area (Å²) in [7, 11) is 0. The van der Waals surface area contributed by atoms with Crippen LogP contribution in [0, 0.1) is 6.92 Å². The third kappa shape index (κ3) is 2.74. The molecule has 1 amide bonds. The van der Waals surface area contributed by atoms with Crippen LogP contribution in [0.5, 0.6) is 0 Å². The zero-order valence-electron chi connectivity index (χ0n) is 11.8. The number of fused-ring (bicyclic) bond motifs is 1. The second kappa shape index (κ2) is 5.32. The van der Waals surface area contributed by atoms with E-state index >= 15 is 0 Å². The van der Waals surface area contributed by atoms with E-state index in [9.17, 15) is 4.79 Å². The lowest BCUT2D eigenvalue weighted by atomic mass is 10.1. The molecule has 0 saturated carbocycles. The summed E-state index contributed by atoms with van der Waals surface area (Å²) in [5, 5.41) is 13.4. The van der Waals surface area contributed by atoms with Crippen molar-refractivity contribution in [3.63, 3.8) is 0 Å². The molecule has 0 bridgehead atoms. The average molecular weight is 281 g/mol. The van der Waals surface area contributed by atoms with Gasteiger partial charge >= 0.3 is 0 Å². The molecule has 6 heteroatoms. The maximum absolute atomic E-state index is 12.3. The molecule has 0 spiro atoms. The summed E-state index contributed by atoms with van der Waals surface area (Å²) < 4.78 is 0. The van der Waals surface area contributed by atoms with Crippen LogP contribution in [0.15, 0.2) is 36.4 Å². The normalized spacial score (nSPS) is 12.3. The summed E-state index contributed by atoms with van der Waals surface area (Å²) in [6.45, 7) is 3.84.